The van der Waals surface area contributed by atoms with E-state index in [9.17, 15) is 4.79 Å². The number of amides is 1. The van der Waals surface area contributed by atoms with Gasteiger partial charge in [0.2, 0.25) is 0 Å². The summed E-state index contributed by atoms with van der Waals surface area (Å²) in [5.74, 6) is 1.63. The Labute approximate surface area is 180 Å². The van der Waals surface area contributed by atoms with Gasteiger partial charge in [0.05, 0.1) is 11.1 Å². The first-order valence-electron chi connectivity index (χ1n) is 11.8. The fourth-order valence-electron chi connectivity index (χ4n) is 4.98. The van der Waals surface area contributed by atoms with Gasteiger partial charge in [0.1, 0.15) is 5.82 Å². The second-order valence-electron chi connectivity index (χ2n) is 9.23. The molecule has 3 heterocycles. The van der Waals surface area contributed by atoms with Crippen LogP contribution >= 0.6 is 0 Å². The Balaban J connectivity index is 1.44. The number of benzene rings is 1. The second kappa shape index (κ2) is 9.78. The van der Waals surface area contributed by atoms with E-state index in [4.69, 9.17) is 4.98 Å². The predicted molar refractivity (Wildman–Crippen MR) is 124 cm³/mol. The lowest BCUT2D eigenvalue weighted by molar-refractivity contribution is 0.0950. The van der Waals surface area contributed by atoms with Gasteiger partial charge in [-0.3, -0.25) is 4.79 Å². The summed E-state index contributed by atoms with van der Waals surface area (Å²) in [6, 6.07) is 10.7. The first-order chi connectivity index (χ1) is 14.6. The summed E-state index contributed by atoms with van der Waals surface area (Å²) in [7, 11) is 0. The van der Waals surface area contributed by atoms with Gasteiger partial charge in [0.25, 0.3) is 5.91 Å². The number of nitrogens with one attached hydrogen (secondary N) is 1. The monoisotopic (exact) mass is 408 g/mol. The molecule has 2 saturated heterocycles. The Bertz CT molecular complexity index is 867. The Morgan fingerprint density at radius 2 is 2.00 bits per heavy atom. The normalized spacial score (nSPS) is 22.9. The molecule has 0 bridgehead atoms. The number of anilines is 1. The van der Waals surface area contributed by atoms with E-state index in [0.717, 1.165) is 54.9 Å². The first-order valence-corrected chi connectivity index (χ1v) is 11.8. The summed E-state index contributed by atoms with van der Waals surface area (Å²) < 4.78 is 0. The number of carbonyl (C=O) groups is 1. The summed E-state index contributed by atoms with van der Waals surface area (Å²) in [4.78, 5) is 22.9. The SMILES string of the molecule is C[C@@H]1CCCN(c2cc(C(=O)NCCCN3CCCC[C@@H]3C)c3ccccc3n2)C1. The Morgan fingerprint density at radius 3 is 2.83 bits per heavy atom. The van der Waals surface area contributed by atoms with Gasteiger partial charge in [0, 0.05) is 37.6 Å². The van der Waals surface area contributed by atoms with Crippen LogP contribution in [0.4, 0.5) is 5.82 Å². The van der Waals surface area contributed by atoms with Crippen molar-refractivity contribution >= 4 is 22.6 Å². The predicted octanol–water partition coefficient (Wildman–Crippen LogP) is 4.47. The van der Waals surface area contributed by atoms with E-state index in [1.165, 1.54) is 38.6 Å². The van der Waals surface area contributed by atoms with Crippen LogP contribution in [-0.2, 0) is 0 Å². The van der Waals surface area contributed by atoms with Crippen LogP contribution in [0.1, 0.15) is 62.7 Å². The lowest BCUT2D eigenvalue weighted by Gasteiger charge is -2.33. The maximum Gasteiger partial charge on any atom is 0.252 e. The molecule has 2 fully saturated rings. The summed E-state index contributed by atoms with van der Waals surface area (Å²) in [6.45, 7) is 9.63. The number of nitrogens with zero attached hydrogens (tertiary/aromatic N) is 3. The number of piperidine rings is 2. The van der Waals surface area contributed by atoms with E-state index in [1.807, 2.05) is 30.3 Å². The van der Waals surface area contributed by atoms with Crippen LogP contribution in [-0.4, -0.2) is 54.6 Å². The molecule has 0 aliphatic carbocycles. The molecule has 2 atom stereocenters. The number of rotatable bonds is 6. The van der Waals surface area contributed by atoms with E-state index >= 15 is 0 Å². The average Bonchev–Trinajstić information content (AvgIpc) is 2.77. The highest BCUT2D eigenvalue weighted by molar-refractivity contribution is 6.07. The lowest BCUT2D eigenvalue weighted by atomic mass is 10.00. The van der Waals surface area contributed by atoms with Crippen molar-refractivity contribution in [2.45, 2.75) is 58.4 Å². The molecule has 0 saturated carbocycles. The Morgan fingerprint density at radius 1 is 1.13 bits per heavy atom. The molecule has 0 spiro atoms. The number of para-hydroxylation sites is 1. The molecule has 0 radical (unpaired) electrons. The Kier molecular flexibility index (Phi) is 6.88. The quantitative estimate of drug-likeness (QED) is 0.717. The highest BCUT2D eigenvalue weighted by atomic mass is 16.1. The summed E-state index contributed by atoms with van der Waals surface area (Å²) in [6.07, 6.45) is 7.40. The van der Waals surface area contributed by atoms with Gasteiger partial charge in [-0.25, -0.2) is 4.98 Å². The van der Waals surface area contributed by atoms with Gasteiger partial charge in [-0.15, -0.1) is 0 Å². The lowest BCUT2D eigenvalue weighted by Crippen LogP contribution is -2.39. The third-order valence-electron chi connectivity index (χ3n) is 6.78. The van der Waals surface area contributed by atoms with E-state index in [2.05, 4.69) is 29.0 Å². The molecule has 1 aromatic carbocycles. The summed E-state index contributed by atoms with van der Waals surface area (Å²) in [5, 5.41) is 4.11. The molecule has 5 heteroatoms. The second-order valence-corrected chi connectivity index (χ2v) is 9.23. The van der Waals surface area contributed by atoms with Gasteiger partial charge in [-0.1, -0.05) is 31.5 Å². The van der Waals surface area contributed by atoms with Crippen molar-refractivity contribution in [2.75, 3.05) is 37.6 Å². The molecule has 5 nitrogen and oxygen atoms in total. The van der Waals surface area contributed by atoms with Gasteiger partial charge < -0.3 is 15.1 Å². The molecule has 2 aliphatic rings. The van der Waals surface area contributed by atoms with Gasteiger partial charge in [0.15, 0.2) is 0 Å². The topological polar surface area (TPSA) is 48.5 Å². The van der Waals surface area contributed by atoms with Crippen molar-refractivity contribution in [3.8, 4) is 0 Å². The maximum atomic E-state index is 13.1. The number of hydrogen-bond donors (Lipinski definition) is 1. The standard InChI is InChI=1S/C25H36N4O/c1-19-9-7-15-29(18-19)24-17-22(21-11-3-4-12-23(21)27-24)25(30)26-13-8-16-28-14-6-5-10-20(28)2/h3-4,11-12,17,19-20H,5-10,13-16,18H2,1-2H3,(H,26,30)/t19-,20+/m1/s1. The Hall–Kier alpha value is -2.14. The molecule has 1 aromatic heterocycles. The van der Waals surface area contributed by atoms with E-state index < -0.39 is 0 Å². The minimum Gasteiger partial charge on any atom is -0.356 e. The van der Waals surface area contributed by atoms with Crippen LogP contribution in [0, 0.1) is 5.92 Å². The minimum atomic E-state index is 0.0200. The fourth-order valence-corrected chi connectivity index (χ4v) is 4.98. The molecule has 1 N–H and O–H groups in total. The van der Waals surface area contributed by atoms with E-state index in [-0.39, 0.29) is 5.91 Å². The van der Waals surface area contributed by atoms with Crippen molar-refractivity contribution in [2.24, 2.45) is 5.92 Å². The average molecular weight is 409 g/mol. The summed E-state index contributed by atoms with van der Waals surface area (Å²) in [5.41, 5.74) is 1.65. The molecule has 30 heavy (non-hydrogen) atoms. The zero-order chi connectivity index (χ0) is 20.9. The highest BCUT2D eigenvalue weighted by Crippen LogP contribution is 2.26. The van der Waals surface area contributed by atoms with Crippen LogP contribution in [0.3, 0.4) is 0 Å². The van der Waals surface area contributed by atoms with Crippen LogP contribution < -0.4 is 10.2 Å². The zero-order valence-corrected chi connectivity index (χ0v) is 18.6. The third kappa shape index (κ3) is 4.94. The van der Waals surface area contributed by atoms with Crippen LogP contribution in [0.15, 0.2) is 30.3 Å². The number of fused-ring (bicyclic) bond motifs is 1. The van der Waals surface area contributed by atoms with Crippen molar-refractivity contribution in [3.05, 3.63) is 35.9 Å². The molecule has 2 aromatic rings. The van der Waals surface area contributed by atoms with Crippen molar-refractivity contribution in [1.82, 2.24) is 15.2 Å². The van der Waals surface area contributed by atoms with Crippen molar-refractivity contribution < 1.29 is 4.79 Å². The first kappa shape index (κ1) is 21.1. The van der Waals surface area contributed by atoms with E-state index in [1.54, 1.807) is 0 Å². The number of hydrogen-bond acceptors (Lipinski definition) is 4. The molecule has 162 valence electrons. The zero-order valence-electron chi connectivity index (χ0n) is 18.6. The van der Waals surface area contributed by atoms with E-state index in [0.29, 0.717) is 12.0 Å². The smallest absolute Gasteiger partial charge is 0.252 e. The van der Waals surface area contributed by atoms with Crippen LogP contribution in [0.25, 0.3) is 10.9 Å². The van der Waals surface area contributed by atoms with Gasteiger partial charge >= 0.3 is 0 Å². The molecule has 0 unspecified atom stereocenters. The molecular weight excluding hydrogens is 372 g/mol. The molecule has 4 rings (SSSR count). The molecule has 2 aliphatic heterocycles. The van der Waals surface area contributed by atoms with Gasteiger partial charge in [-0.05, 0) is 63.6 Å². The molecule has 1 amide bonds. The maximum absolute atomic E-state index is 13.1. The van der Waals surface area contributed by atoms with Crippen molar-refractivity contribution in [3.63, 3.8) is 0 Å². The number of aromatic nitrogens is 1. The third-order valence-corrected chi connectivity index (χ3v) is 6.78. The highest BCUT2D eigenvalue weighted by Gasteiger charge is 2.21. The number of pyridine rings is 1. The summed E-state index contributed by atoms with van der Waals surface area (Å²) >= 11 is 0. The van der Waals surface area contributed by atoms with Crippen LogP contribution in [0.5, 0.6) is 0 Å². The van der Waals surface area contributed by atoms with Crippen molar-refractivity contribution in [1.29, 1.82) is 0 Å². The minimum absolute atomic E-state index is 0.0200. The largest absolute Gasteiger partial charge is 0.356 e. The number of likely N-dealkylation sites (tertiary alicyclic amines) is 1. The molecular formula is C25H36N4O. The van der Waals surface area contributed by atoms with Crippen LogP contribution in [0.2, 0.25) is 0 Å². The number of carbonyl (C=O) groups excluding carboxylic acids is 1. The fraction of sp³-hybridized carbons (Fsp3) is 0.600. The van der Waals surface area contributed by atoms with Gasteiger partial charge in [-0.2, -0.15) is 0 Å².